The van der Waals surface area contributed by atoms with Crippen LogP contribution in [-0.4, -0.2) is 14.9 Å². The quantitative estimate of drug-likeness (QED) is 0.806. The second-order valence-electron chi connectivity index (χ2n) is 6.53. The zero-order valence-electron chi connectivity index (χ0n) is 13.2. The molecule has 21 heavy (non-hydrogen) atoms. The second kappa shape index (κ2) is 7.62. The molecule has 118 valence electrons. The van der Waals surface area contributed by atoms with Crippen LogP contribution >= 0.6 is 24.0 Å². The van der Waals surface area contributed by atoms with Crippen LogP contribution in [0.15, 0.2) is 18.2 Å². The maximum atomic E-state index is 8.86. The molecule has 0 aliphatic rings. The Morgan fingerprint density at radius 3 is 2.38 bits per heavy atom. The lowest BCUT2D eigenvalue weighted by molar-refractivity contribution is 0.264. The van der Waals surface area contributed by atoms with E-state index >= 15 is 0 Å². The van der Waals surface area contributed by atoms with Crippen LogP contribution in [0, 0.1) is 11.3 Å². The summed E-state index contributed by atoms with van der Waals surface area (Å²) in [6.07, 6.45) is 0. The Hall–Kier alpha value is -0.573. The lowest BCUT2D eigenvalue weighted by Gasteiger charge is -2.37. The topological polar surface area (TPSA) is 59.0 Å². The van der Waals surface area contributed by atoms with Crippen LogP contribution in [0.4, 0.5) is 0 Å². The van der Waals surface area contributed by atoms with Crippen molar-refractivity contribution in [2.75, 3.05) is 6.61 Å². The number of nitrogens with two attached hydrogens (primary N) is 1. The van der Waals surface area contributed by atoms with Gasteiger partial charge in [0.05, 0.1) is 23.2 Å². The lowest BCUT2D eigenvalue weighted by Crippen LogP contribution is -2.42. The number of nitrogens with zero attached hydrogens (tertiary/aromatic N) is 1. The molecule has 1 aromatic carbocycles. The van der Waals surface area contributed by atoms with Crippen LogP contribution in [0.25, 0.3) is 0 Å². The fraction of sp³-hybridized carbons (Fsp3) is 0.533. The van der Waals surface area contributed by atoms with Crippen molar-refractivity contribution in [3.05, 3.63) is 34.3 Å². The highest BCUT2D eigenvalue weighted by Gasteiger charge is 2.37. The van der Waals surface area contributed by atoms with Crippen molar-refractivity contribution in [1.29, 1.82) is 5.26 Å². The van der Waals surface area contributed by atoms with Gasteiger partial charge in [0, 0.05) is 0 Å². The highest BCUT2D eigenvalue weighted by atomic mass is 35.5. The van der Waals surface area contributed by atoms with Crippen molar-refractivity contribution in [1.82, 2.24) is 0 Å². The van der Waals surface area contributed by atoms with Crippen molar-refractivity contribution < 1.29 is 4.43 Å². The van der Waals surface area contributed by atoms with Crippen LogP contribution in [-0.2, 0) is 4.43 Å². The molecular weight excluding hydrogens is 323 g/mol. The van der Waals surface area contributed by atoms with Crippen molar-refractivity contribution in [3.8, 4) is 6.07 Å². The second-order valence-corrected chi connectivity index (χ2v) is 11.7. The number of nitriles is 1. The smallest absolute Gasteiger partial charge is 0.192 e. The Morgan fingerprint density at radius 2 is 1.95 bits per heavy atom. The first-order valence-corrected chi connectivity index (χ1v) is 9.96. The maximum Gasteiger partial charge on any atom is 0.192 e. The van der Waals surface area contributed by atoms with Gasteiger partial charge in [-0.3, -0.25) is 0 Å². The maximum absolute atomic E-state index is 8.86. The summed E-state index contributed by atoms with van der Waals surface area (Å²) in [5.41, 5.74) is 7.52. The van der Waals surface area contributed by atoms with Gasteiger partial charge in [-0.25, -0.2) is 0 Å². The lowest BCUT2D eigenvalue weighted by atomic mass is 10.1. The molecule has 0 aliphatic carbocycles. The van der Waals surface area contributed by atoms with E-state index in [1.807, 2.05) is 12.1 Å². The Kier molecular flexibility index (Phi) is 7.41. The number of benzene rings is 1. The third-order valence-electron chi connectivity index (χ3n) is 3.97. The SMILES string of the molecule is CC(C)(C)[Si](C)(C)OC[C@@H](N)c1ccc(C#N)c(Cl)c1.Cl. The molecule has 1 aromatic rings. The standard InChI is InChI=1S/C15H23ClN2OSi.ClH/c1-15(2,3)20(4,5)19-10-14(18)11-6-7-12(9-17)13(16)8-11;/h6-8,14H,10,18H2,1-5H3;1H/t14-;/m1./s1. The minimum Gasteiger partial charge on any atom is -0.415 e. The van der Waals surface area contributed by atoms with E-state index in [-0.39, 0.29) is 23.5 Å². The van der Waals surface area contributed by atoms with E-state index in [1.165, 1.54) is 0 Å². The van der Waals surface area contributed by atoms with Crippen LogP contribution in [0.5, 0.6) is 0 Å². The third-order valence-corrected chi connectivity index (χ3v) is 8.79. The van der Waals surface area contributed by atoms with Crippen LogP contribution in [0.3, 0.4) is 0 Å². The number of rotatable bonds is 4. The van der Waals surface area contributed by atoms with Gasteiger partial charge in [0.25, 0.3) is 0 Å². The average Bonchev–Trinajstić information content (AvgIpc) is 2.34. The third kappa shape index (κ3) is 5.28. The Bertz CT molecular complexity index is 521. The van der Waals surface area contributed by atoms with Gasteiger partial charge in [-0.15, -0.1) is 12.4 Å². The number of hydrogen-bond acceptors (Lipinski definition) is 3. The summed E-state index contributed by atoms with van der Waals surface area (Å²) in [6.45, 7) is 11.5. The van der Waals surface area contributed by atoms with E-state index in [2.05, 4.69) is 33.9 Å². The monoisotopic (exact) mass is 346 g/mol. The minimum absolute atomic E-state index is 0. The average molecular weight is 347 g/mol. The summed E-state index contributed by atoms with van der Waals surface area (Å²) >= 11 is 6.03. The molecule has 2 N–H and O–H groups in total. The van der Waals surface area contributed by atoms with Crippen molar-refractivity contribution in [3.63, 3.8) is 0 Å². The molecule has 0 heterocycles. The van der Waals surface area contributed by atoms with Gasteiger partial charge in [0.15, 0.2) is 8.32 Å². The molecule has 3 nitrogen and oxygen atoms in total. The molecule has 0 amide bonds. The van der Waals surface area contributed by atoms with Gasteiger partial charge in [0.2, 0.25) is 0 Å². The summed E-state index contributed by atoms with van der Waals surface area (Å²) in [5.74, 6) is 0. The molecule has 0 saturated heterocycles. The summed E-state index contributed by atoms with van der Waals surface area (Å²) < 4.78 is 6.11. The van der Waals surface area contributed by atoms with E-state index < -0.39 is 8.32 Å². The first kappa shape index (κ1) is 20.4. The molecule has 1 atom stereocenters. The molecule has 0 aliphatic heterocycles. The minimum atomic E-state index is -1.80. The molecule has 0 radical (unpaired) electrons. The highest BCUT2D eigenvalue weighted by Crippen LogP contribution is 2.37. The molecule has 1 rings (SSSR count). The zero-order valence-corrected chi connectivity index (χ0v) is 15.8. The molecule has 0 unspecified atom stereocenters. The zero-order chi connectivity index (χ0) is 15.6. The van der Waals surface area contributed by atoms with Crippen LogP contribution in [0.2, 0.25) is 23.2 Å². The Labute approximate surface area is 140 Å². The van der Waals surface area contributed by atoms with Crippen LogP contribution < -0.4 is 5.73 Å². The Balaban J connectivity index is 0.00000400. The molecule has 0 bridgehead atoms. The van der Waals surface area contributed by atoms with Gasteiger partial charge < -0.3 is 10.2 Å². The summed E-state index contributed by atoms with van der Waals surface area (Å²) in [7, 11) is -1.80. The summed E-state index contributed by atoms with van der Waals surface area (Å²) in [4.78, 5) is 0. The predicted molar refractivity (Wildman–Crippen MR) is 93.5 cm³/mol. The highest BCUT2D eigenvalue weighted by molar-refractivity contribution is 6.74. The summed E-state index contributed by atoms with van der Waals surface area (Å²) in [5, 5.41) is 9.46. The Morgan fingerprint density at radius 1 is 1.38 bits per heavy atom. The van der Waals surface area contributed by atoms with E-state index in [9.17, 15) is 0 Å². The van der Waals surface area contributed by atoms with Gasteiger partial charge in [-0.05, 0) is 35.8 Å². The number of hydrogen-bond donors (Lipinski definition) is 1. The summed E-state index contributed by atoms with van der Waals surface area (Å²) in [6, 6.07) is 7.10. The van der Waals surface area contributed by atoms with Gasteiger partial charge >= 0.3 is 0 Å². The molecule has 0 fully saturated rings. The van der Waals surface area contributed by atoms with Crippen molar-refractivity contribution in [2.45, 2.75) is 44.9 Å². The molecular formula is C15H24Cl2N2OSi. The van der Waals surface area contributed by atoms with E-state index in [1.54, 1.807) is 12.1 Å². The normalized spacial score (nSPS) is 13.2. The van der Waals surface area contributed by atoms with Crippen LogP contribution in [0.1, 0.15) is 37.9 Å². The molecule has 6 heteroatoms. The van der Waals surface area contributed by atoms with Crippen molar-refractivity contribution in [2.24, 2.45) is 5.73 Å². The van der Waals surface area contributed by atoms with E-state index in [4.69, 9.17) is 27.0 Å². The van der Waals surface area contributed by atoms with Gasteiger partial charge in [0.1, 0.15) is 6.07 Å². The van der Waals surface area contributed by atoms with E-state index in [0.29, 0.717) is 17.2 Å². The first-order valence-electron chi connectivity index (χ1n) is 6.67. The van der Waals surface area contributed by atoms with E-state index in [0.717, 1.165) is 5.56 Å². The largest absolute Gasteiger partial charge is 0.415 e. The molecule has 0 spiro atoms. The van der Waals surface area contributed by atoms with Crippen molar-refractivity contribution >= 4 is 32.3 Å². The molecule has 0 saturated carbocycles. The fourth-order valence-electron chi connectivity index (χ4n) is 1.46. The number of halogens is 2. The first-order chi connectivity index (χ1) is 9.08. The fourth-order valence-corrected chi connectivity index (χ4v) is 2.72. The molecule has 0 aromatic heterocycles. The van der Waals surface area contributed by atoms with Gasteiger partial charge in [-0.2, -0.15) is 5.26 Å². The predicted octanol–water partition coefficient (Wildman–Crippen LogP) is 4.66. The van der Waals surface area contributed by atoms with Gasteiger partial charge in [-0.1, -0.05) is 38.4 Å².